The molecule has 0 unspecified atom stereocenters. The molecule has 0 atom stereocenters. The summed E-state index contributed by atoms with van der Waals surface area (Å²) in [5, 5.41) is 0.735. The predicted molar refractivity (Wildman–Crippen MR) is 71.3 cm³/mol. The van der Waals surface area contributed by atoms with Crippen LogP contribution >= 0.6 is 7.94 Å². The molecule has 0 aliphatic rings. The third kappa shape index (κ3) is 3.42. The first kappa shape index (κ1) is 14.9. The molecule has 0 radical (unpaired) electrons. The third-order valence-corrected chi connectivity index (χ3v) is 5.10. The number of hydrogen-bond donors (Lipinski definition) is 0. The third-order valence-electron chi connectivity index (χ3n) is 2.32. The summed E-state index contributed by atoms with van der Waals surface area (Å²) in [6.45, 7) is 4.86. The van der Waals surface area contributed by atoms with Crippen molar-refractivity contribution >= 4 is 19.7 Å². The molecule has 0 aliphatic heterocycles. The molecular formula is C12H19O5P. The molecule has 0 spiro atoms. The summed E-state index contributed by atoms with van der Waals surface area (Å²) in [4.78, 5) is 10.7. The van der Waals surface area contributed by atoms with Gasteiger partial charge in [0.05, 0.1) is 0 Å². The Morgan fingerprint density at radius 1 is 1.11 bits per heavy atom. The Labute approximate surface area is 108 Å². The molecule has 18 heavy (non-hydrogen) atoms. The topological polar surface area (TPSA) is 54.0 Å². The number of carbonyl (C=O) groups excluding carboxylic acids is 1. The molecule has 0 saturated heterocycles. The zero-order valence-electron chi connectivity index (χ0n) is 10.8. The van der Waals surface area contributed by atoms with E-state index in [1.165, 1.54) is 0 Å². The summed E-state index contributed by atoms with van der Waals surface area (Å²) in [6.07, 6.45) is 0. The SMILES string of the molecule is CCO[PH](OC=O)(OCC)c1ccc(OC)cc1. The zero-order valence-corrected chi connectivity index (χ0v) is 11.8. The van der Waals surface area contributed by atoms with E-state index in [2.05, 4.69) is 0 Å². The van der Waals surface area contributed by atoms with Crippen LogP contribution in [0.2, 0.25) is 0 Å². The number of ether oxygens (including phenoxy) is 1. The first-order valence-electron chi connectivity index (χ1n) is 5.76. The fourth-order valence-electron chi connectivity index (χ4n) is 1.58. The van der Waals surface area contributed by atoms with Gasteiger partial charge in [-0.3, -0.25) is 0 Å². The summed E-state index contributed by atoms with van der Waals surface area (Å²) < 4.78 is 21.4. The number of hydrogen-bond acceptors (Lipinski definition) is 5. The summed E-state index contributed by atoms with van der Waals surface area (Å²) in [6, 6.07) is 7.15. The number of benzene rings is 1. The van der Waals surface area contributed by atoms with E-state index in [0.29, 0.717) is 19.7 Å². The Bertz CT molecular complexity index is 359. The fraction of sp³-hybridized carbons (Fsp3) is 0.417. The van der Waals surface area contributed by atoms with E-state index >= 15 is 0 Å². The van der Waals surface area contributed by atoms with E-state index in [0.717, 1.165) is 11.1 Å². The van der Waals surface area contributed by atoms with Crippen molar-refractivity contribution in [2.24, 2.45) is 0 Å². The number of carbonyl (C=O) groups is 1. The second kappa shape index (κ2) is 7.31. The van der Waals surface area contributed by atoms with Crippen molar-refractivity contribution in [3.8, 4) is 5.75 Å². The maximum atomic E-state index is 10.7. The molecule has 1 aromatic rings. The van der Waals surface area contributed by atoms with E-state index in [-0.39, 0.29) is 0 Å². The number of methoxy groups -OCH3 is 1. The zero-order chi connectivity index (χ0) is 13.4. The van der Waals surface area contributed by atoms with Crippen LogP contribution in [0.5, 0.6) is 5.75 Å². The molecule has 0 bridgehead atoms. The van der Waals surface area contributed by atoms with Crippen molar-refractivity contribution in [3.05, 3.63) is 24.3 Å². The van der Waals surface area contributed by atoms with Crippen molar-refractivity contribution in [1.82, 2.24) is 0 Å². The van der Waals surface area contributed by atoms with Gasteiger partial charge in [0, 0.05) is 0 Å². The average Bonchev–Trinajstić information content (AvgIpc) is 2.39. The Hall–Kier alpha value is -1.16. The minimum atomic E-state index is -3.13. The van der Waals surface area contributed by atoms with Crippen LogP contribution in [0, 0.1) is 0 Å². The van der Waals surface area contributed by atoms with Crippen molar-refractivity contribution in [2.75, 3.05) is 20.3 Å². The second-order valence-corrected chi connectivity index (χ2v) is 5.87. The fourth-order valence-corrected chi connectivity index (χ4v) is 3.73. The molecule has 1 rings (SSSR count). The summed E-state index contributed by atoms with van der Waals surface area (Å²) in [5.41, 5.74) is 0. The van der Waals surface area contributed by atoms with E-state index in [9.17, 15) is 4.79 Å². The van der Waals surface area contributed by atoms with Gasteiger partial charge in [0.1, 0.15) is 0 Å². The Morgan fingerprint density at radius 3 is 2.06 bits per heavy atom. The van der Waals surface area contributed by atoms with Gasteiger partial charge >= 0.3 is 107 Å². The van der Waals surface area contributed by atoms with Gasteiger partial charge in [-0.05, 0) is 0 Å². The van der Waals surface area contributed by atoms with E-state index in [1.807, 2.05) is 13.8 Å². The van der Waals surface area contributed by atoms with Crippen LogP contribution < -0.4 is 10.0 Å². The Balaban J connectivity index is 3.08. The summed E-state index contributed by atoms with van der Waals surface area (Å²) in [7, 11) is -1.54. The van der Waals surface area contributed by atoms with Gasteiger partial charge < -0.3 is 0 Å². The quantitative estimate of drug-likeness (QED) is 0.536. The summed E-state index contributed by atoms with van der Waals surface area (Å²) in [5.74, 6) is 0.723. The van der Waals surface area contributed by atoms with Crippen LogP contribution in [0.25, 0.3) is 0 Å². The predicted octanol–water partition coefficient (Wildman–Crippen LogP) is 2.06. The molecule has 1 aromatic carbocycles. The van der Waals surface area contributed by atoms with Crippen LogP contribution in [0.4, 0.5) is 0 Å². The van der Waals surface area contributed by atoms with Crippen molar-refractivity contribution in [3.63, 3.8) is 0 Å². The van der Waals surface area contributed by atoms with Gasteiger partial charge in [0.15, 0.2) is 0 Å². The van der Waals surface area contributed by atoms with Gasteiger partial charge in [0.25, 0.3) is 0 Å². The van der Waals surface area contributed by atoms with E-state index in [4.69, 9.17) is 18.3 Å². The van der Waals surface area contributed by atoms with Crippen LogP contribution in [0.1, 0.15) is 13.8 Å². The monoisotopic (exact) mass is 274 g/mol. The van der Waals surface area contributed by atoms with Gasteiger partial charge in [-0.25, -0.2) is 0 Å². The van der Waals surface area contributed by atoms with Gasteiger partial charge in [0.2, 0.25) is 0 Å². The van der Waals surface area contributed by atoms with Crippen molar-refractivity contribution in [2.45, 2.75) is 13.8 Å². The van der Waals surface area contributed by atoms with E-state index in [1.54, 1.807) is 31.4 Å². The molecule has 0 amide bonds. The average molecular weight is 274 g/mol. The minimum absolute atomic E-state index is 0.377. The molecule has 0 aromatic heterocycles. The van der Waals surface area contributed by atoms with Gasteiger partial charge in [-0.2, -0.15) is 0 Å². The first-order chi connectivity index (χ1) is 8.72. The molecule has 0 saturated carbocycles. The Kier molecular flexibility index (Phi) is 6.05. The van der Waals surface area contributed by atoms with Crippen molar-refractivity contribution in [1.29, 1.82) is 0 Å². The molecule has 0 aliphatic carbocycles. The molecule has 0 fully saturated rings. The molecule has 0 heterocycles. The molecule has 102 valence electrons. The van der Waals surface area contributed by atoms with Crippen LogP contribution in [0.15, 0.2) is 24.3 Å². The van der Waals surface area contributed by atoms with Crippen molar-refractivity contribution < 1.29 is 23.1 Å². The Morgan fingerprint density at radius 2 is 1.67 bits per heavy atom. The molecule has 0 N–H and O–H groups in total. The first-order valence-corrected chi connectivity index (χ1v) is 7.48. The molecule has 6 heteroatoms. The molecule has 5 nitrogen and oxygen atoms in total. The van der Waals surface area contributed by atoms with Crippen LogP contribution in [-0.2, 0) is 18.4 Å². The summed E-state index contributed by atoms with van der Waals surface area (Å²) >= 11 is 0. The van der Waals surface area contributed by atoms with Crippen LogP contribution in [0.3, 0.4) is 0 Å². The van der Waals surface area contributed by atoms with Crippen LogP contribution in [-0.4, -0.2) is 26.8 Å². The van der Waals surface area contributed by atoms with Gasteiger partial charge in [-0.1, -0.05) is 0 Å². The normalized spacial score (nSPS) is 11.9. The second-order valence-electron chi connectivity index (χ2n) is 3.36. The standard InChI is InChI=1S/C12H19O5P/c1-4-15-18(16-5-2,17-10-13)12-8-6-11(14-3)7-9-12/h6-10,18H,4-5H2,1-3H3. The van der Waals surface area contributed by atoms with E-state index < -0.39 is 7.94 Å². The number of rotatable bonds is 8. The maximum absolute atomic E-state index is 10.7. The van der Waals surface area contributed by atoms with Gasteiger partial charge in [-0.15, -0.1) is 0 Å². The molecular weight excluding hydrogens is 255 g/mol.